The fourth-order valence-corrected chi connectivity index (χ4v) is 4.54. The molecule has 1 unspecified atom stereocenters. The Kier molecular flexibility index (Phi) is 6.62. The number of sulfonamides is 1. The third-order valence-electron chi connectivity index (χ3n) is 5.35. The van der Waals surface area contributed by atoms with Crippen molar-refractivity contribution in [3.63, 3.8) is 0 Å². The molecule has 0 aliphatic heterocycles. The first-order valence-electron chi connectivity index (χ1n) is 10.4. The van der Waals surface area contributed by atoms with Crippen molar-refractivity contribution in [1.29, 1.82) is 0 Å². The molecule has 0 saturated carbocycles. The van der Waals surface area contributed by atoms with Crippen LogP contribution in [0.1, 0.15) is 39.1 Å². The van der Waals surface area contributed by atoms with E-state index in [2.05, 4.69) is 15.0 Å². The van der Waals surface area contributed by atoms with Gasteiger partial charge in [-0.05, 0) is 54.4 Å². The third kappa shape index (κ3) is 5.08. The summed E-state index contributed by atoms with van der Waals surface area (Å²) in [5.41, 5.74) is 1.26. The molecule has 1 amide bonds. The van der Waals surface area contributed by atoms with E-state index in [1.54, 1.807) is 61.3 Å². The maximum Gasteiger partial charge on any atom is 0.252 e. The molecule has 4 aromatic rings. The van der Waals surface area contributed by atoms with Crippen molar-refractivity contribution in [2.45, 2.75) is 24.4 Å². The van der Waals surface area contributed by atoms with Crippen LogP contribution in [0.3, 0.4) is 0 Å². The quantitative estimate of drug-likeness (QED) is 0.400. The molecule has 176 valence electrons. The van der Waals surface area contributed by atoms with Crippen LogP contribution in [0.25, 0.3) is 0 Å². The standard InChI is InChI=1S/C24H23FN4O4S/c1-16-8-9-20(34(31,32)27-15-19-7-4-12-33-19)14-21(16)24(30)28-22(23-26-10-11-29(23)2)17-5-3-6-18(25)13-17/h3-14,22,27H,15H2,1-2H3,(H,28,30). The Morgan fingerprint density at radius 1 is 1.18 bits per heavy atom. The van der Waals surface area contributed by atoms with E-state index in [0.717, 1.165) is 0 Å². The first kappa shape index (κ1) is 23.4. The number of carbonyl (C=O) groups excluding carboxylic acids is 1. The van der Waals surface area contributed by atoms with Crippen LogP contribution < -0.4 is 10.0 Å². The minimum absolute atomic E-state index is 0.0223. The minimum atomic E-state index is -3.90. The summed E-state index contributed by atoms with van der Waals surface area (Å²) in [4.78, 5) is 17.5. The van der Waals surface area contributed by atoms with E-state index < -0.39 is 27.8 Å². The van der Waals surface area contributed by atoms with Gasteiger partial charge in [0, 0.05) is 25.0 Å². The summed E-state index contributed by atoms with van der Waals surface area (Å²) in [6.45, 7) is 1.69. The van der Waals surface area contributed by atoms with Gasteiger partial charge < -0.3 is 14.3 Å². The Morgan fingerprint density at radius 3 is 2.68 bits per heavy atom. The van der Waals surface area contributed by atoms with E-state index in [9.17, 15) is 17.6 Å². The Labute approximate surface area is 196 Å². The lowest BCUT2D eigenvalue weighted by molar-refractivity contribution is 0.0940. The maximum atomic E-state index is 13.9. The smallest absolute Gasteiger partial charge is 0.252 e. The van der Waals surface area contributed by atoms with Gasteiger partial charge in [0.15, 0.2) is 0 Å². The number of furan rings is 1. The molecular formula is C24H23FN4O4S. The van der Waals surface area contributed by atoms with E-state index >= 15 is 0 Å². The van der Waals surface area contributed by atoms with E-state index in [0.29, 0.717) is 22.7 Å². The van der Waals surface area contributed by atoms with Gasteiger partial charge in [-0.15, -0.1) is 0 Å². The summed E-state index contributed by atoms with van der Waals surface area (Å²) in [6.07, 6.45) is 4.75. The molecule has 34 heavy (non-hydrogen) atoms. The molecule has 1 atom stereocenters. The Balaban J connectivity index is 1.63. The van der Waals surface area contributed by atoms with Crippen molar-refractivity contribution in [3.05, 3.63) is 107 Å². The number of nitrogens with one attached hydrogen (secondary N) is 2. The minimum Gasteiger partial charge on any atom is -0.468 e. The predicted octanol–water partition coefficient (Wildman–Crippen LogP) is 3.46. The van der Waals surface area contributed by atoms with Crippen molar-refractivity contribution in [2.24, 2.45) is 7.05 Å². The number of rotatable bonds is 8. The van der Waals surface area contributed by atoms with Gasteiger partial charge in [0.25, 0.3) is 5.91 Å². The van der Waals surface area contributed by atoms with Gasteiger partial charge in [0.2, 0.25) is 10.0 Å². The Morgan fingerprint density at radius 2 is 2.00 bits per heavy atom. The van der Waals surface area contributed by atoms with E-state index in [1.165, 1.54) is 30.5 Å². The molecule has 4 rings (SSSR count). The Bertz CT molecular complexity index is 1410. The SMILES string of the molecule is Cc1ccc(S(=O)(=O)NCc2ccco2)cc1C(=O)NC(c1cccc(F)c1)c1nccn1C. The van der Waals surface area contributed by atoms with Gasteiger partial charge in [-0.2, -0.15) is 0 Å². The average molecular weight is 483 g/mol. The number of amides is 1. The van der Waals surface area contributed by atoms with Gasteiger partial charge in [-0.25, -0.2) is 22.5 Å². The molecule has 10 heteroatoms. The molecule has 2 aromatic heterocycles. The Hall–Kier alpha value is -3.76. The topological polar surface area (TPSA) is 106 Å². The summed E-state index contributed by atoms with van der Waals surface area (Å²) in [5, 5.41) is 2.87. The lowest BCUT2D eigenvalue weighted by Crippen LogP contribution is -2.32. The predicted molar refractivity (Wildman–Crippen MR) is 123 cm³/mol. The van der Waals surface area contributed by atoms with E-state index in [-0.39, 0.29) is 17.0 Å². The average Bonchev–Trinajstić information content (AvgIpc) is 3.48. The summed E-state index contributed by atoms with van der Waals surface area (Å²) in [7, 11) is -2.13. The highest BCUT2D eigenvalue weighted by atomic mass is 32.2. The lowest BCUT2D eigenvalue weighted by atomic mass is 10.0. The molecule has 2 aromatic carbocycles. The van der Waals surface area contributed by atoms with Gasteiger partial charge in [0.05, 0.1) is 17.7 Å². The number of benzene rings is 2. The first-order chi connectivity index (χ1) is 16.2. The number of nitrogens with zero attached hydrogens (tertiary/aromatic N) is 2. The second-order valence-electron chi connectivity index (χ2n) is 7.74. The molecule has 2 N–H and O–H groups in total. The molecule has 0 aliphatic rings. The van der Waals surface area contributed by atoms with Gasteiger partial charge in [0.1, 0.15) is 23.4 Å². The second kappa shape index (κ2) is 9.62. The van der Waals surface area contributed by atoms with Crippen molar-refractivity contribution in [2.75, 3.05) is 0 Å². The molecule has 8 nitrogen and oxygen atoms in total. The molecule has 0 saturated heterocycles. The summed E-state index contributed by atoms with van der Waals surface area (Å²) in [5.74, 6) is -0.00198. The maximum absolute atomic E-state index is 13.9. The van der Waals surface area contributed by atoms with Crippen LogP contribution in [0.4, 0.5) is 4.39 Å². The molecule has 0 fully saturated rings. The highest BCUT2D eigenvalue weighted by Crippen LogP contribution is 2.23. The number of carbonyl (C=O) groups is 1. The van der Waals surface area contributed by atoms with Crippen molar-refractivity contribution in [3.8, 4) is 0 Å². The number of imidazole rings is 1. The number of halogens is 1. The monoisotopic (exact) mass is 482 g/mol. The largest absolute Gasteiger partial charge is 0.468 e. The summed E-state index contributed by atoms with van der Waals surface area (Å²) < 4.78 is 48.8. The van der Waals surface area contributed by atoms with Gasteiger partial charge >= 0.3 is 0 Å². The first-order valence-corrected chi connectivity index (χ1v) is 11.9. The highest BCUT2D eigenvalue weighted by Gasteiger charge is 2.24. The molecule has 0 radical (unpaired) electrons. The van der Waals surface area contributed by atoms with Crippen LogP contribution in [0.2, 0.25) is 0 Å². The summed E-state index contributed by atoms with van der Waals surface area (Å²) in [6, 6.07) is 12.8. The van der Waals surface area contributed by atoms with Crippen LogP contribution >= 0.6 is 0 Å². The number of hydrogen-bond donors (Lipinski definition) is 2. The molecule has 0 bridgehead atoms. The number of aryl methyl sites for hydroxylation is 2. The van der Waals surface area contributed by atoms with Crippen molar-refractivity contribution >= 4 is 15.9 Å². The number of aromatic nitrogens is 2. The van der Waals surface area contributed by atoms with E-state index in [4.69, 9.17) is 4.42 Å². The fourth-order valence-electron chi connectivity index (χ4n) is 3.52. The molecule has 2 heterocycles. The van der Waals surface area contributed by atoms with Crippen LogP contribution in [0.5, 0.6) is 0 Å². The zero-order valence-electron chi connectivity index (χ0n) is 18.5. The van der Waals surface area contributed by atoms with Crippen LogP contribution in [0, 0.1) is 12.7 Å². The van der Waals surface area contributed by atoms with Gasteiger partial charge in [-0.1, -0.05) is 18.2 Å². The van der Waals surface area contributed by atoms with Crippen LogP contribution in [-0.4, -0.2) is 23.9 Å². The fraction of sp³-hybridized carbons (Fsp3) is 0.167. The zero-order chi connectivity index (χ0) is 24.3. The van der Waals surface area contributed by atoms with Crippen LogP contribution in [0.15, 0.2) is 82.6 Å². The normalized spacial score (nSPS) is 12.4. The van der Waals surface area contributed by atoms with Gasteiger partial charge in [-0.3, -0.25) is 4.79 Å². The highest BCUT2D eigenvalue weighted by molar-refractivity contribution is 7.89. The zero-order valence-corrected chi connectivity index (χ0v) is 19.3. The van der Waals surface area contributed by atoms with E-state index in [1.807, 2.05) is 0 Å². The van der Waals surface area contributed by atoms with Crippen molar-refractivity contribution in [1.82, 2.24) is 19.6 Å². The van der Waals surface area contributed by atoms with Crippen LogP contribution in [-0.2, 0) is 23.6 Å². The van der Waals surface area contributed by atoms with Crippen molar-refractivity contribution < 1.29 is 22.0 Å². The second-order valence-corrected chi connectivity index (χ2v) is 9.51. The molecular weight excluding hydrogens is 459 g/mol. The molecule has 0 spiro atoms. The third-order valence-corrected chi connectivity index (χ3v) is 6.75. The molecule has 0 aliphatic carbocycles. The summed E-state index contributed by atoms with van der Waals surface area (Å²) >= 11 is 0. The number of hydrogen-bond acceptors (Lipinski definition) is 5. The lowest BCUT2D eigenvalue weighted by Gasteiger charge is -2.20.